The Kier molecular flexibility index (Phi) is 7.22. The van der Waals surface area contributed by atoms with E-state index < -0.39 is 10.0 Å². The van der Waals surface area contributed by atoms with Crippen LogP contribution in [0.3, 0.4) is 0 Å². The van der Waals surface area contributed by atoms with Gasteiger partial charge in [-0.15, -0.1) is 0 Å². The summed E-state index contributed by atoms with van der Waals surface area (Å²) in [6.07, 6.45) is 1.81. The number of nitrogens with one attached hydrogen (secondary N) is 1. The molecule has 5 nitrogen and oxygen atoms in total. The van der Waals surface area contributed by atoms with Crippen LogP contribution in [0.5, 0.6) is 0 Å². The van der Waals surface area contributed by atoms with E-state index in [1.807, 2.05) is 13.8 Å². The summed E-state index contributed by atoms with van der Waals surface area (Å²) in [4.78, 5) is 0.209. The maximum absolute atomic E-state index is 12.5. The molecule has 116 valence electrons. The quantitative estimate of drug-likeness (QED) is 0.682. The smallest absolute Gasteiger partial charge is 0.247 e. The summed E-state index contributed by atoms with van der Waals surface area (Å²) < 4.78 is 32.3. The van der Waals surface area contributed by atoms with Crippen molar-refractivity contribution in [2.75, 3.05) is 19.6 Å². The van der Waals surface area contributed by atoms with E-state index in [9.17, 15) is 8.42 Å². The molecule has 20 heavy (non-hydrogen) atoms. The van der Waals surface area contributed by atoms with Gasteiger partial charge in [0.2, 0.25) is 10.0 Å². The Morgan fingerprint density at radius 2 is 2.00 bits per heavy atom. The van der Waals surface area contributed by atoms with Crippen LogP contribution in [0.4, 0.5) is 0 Å². The fraction of sp³-hybridized carbons (Fsp3) is 0.692. The van der Waals surface area contributed by atoms with Crippen LogP contribution < -0.4 is 5.32 Å². The predicted molar refractivity (Wildman–Crippen MR) is 83.1 cm³/mol. The van der Waals surface area contributed by atoms with E-state index in [0.29, 0.717) is 25.4 Å². The zero-order valence-corrected chi connectivity index (χ0v) is 14.7. The lowest BCUT2D eigenvalue weighted by atomic mass is 10.4. The first-order valence-corrected chi connectivity index (χ1v) is 9.19. The van der Waals surface area contributed by atoms with Gasteiger partial charge in [-0.2, -0.15) is 4.31 Å². The first-order valence-electron chi connectivity index (χ1n) is 6.96. The van der Waals surface area contributed by atoms with Gasteiger partial charge >= 0.3 is 0 Å². The van der Waals surface area contributed by atoms with Crippen LogP contribution in [-0.4, -0.2) is 32.4 Å². The maximum atomic E-state index is 12.5. The highest BCUT2D eigenvalue weighted by atomic mass is 79.9. The van der Waals surface area contributed by atoms with Gasteiger partial charge in [0.15, 0.2) is 4.67 Å². The largest absolute Gasteiger partial charge is 0.452 e. The molecule has 0 aliphatic carbocycles. The van der Waals surface area contributed by atoms with Crippen molar-refractivity contribution >= 4 is 26.0 Å². The molecule has 0 fully saturated rings. The lowest BCUT2D eigenvalue weighted by Crippen LogP contribution is -2.31. The van der Waals surface area contributed by atoms with Crippen LogP contribution in [-0.2, 0) is 16.6 Å². The van der Waals surface area contributed by atoms with Crippen LogP contribution in [0.2, 0.25) is 0 Å². The molecule has 1 aromatic heterocycles. The molecular weight excluding hydrogens is 344 g/mol. The highest BCUT2D eigenvalue weighted by molar-refractivity contribution is 9.10. The first kappa shape index (κ1) is 17.7. The molecule has 1 heterocycles. The van der Waals surface area contributed by atoms with Gasteiger partial charge in [0.05, 0.1) is 6.54 Å². The minimum Gasteiger partial charge on any atom is -0.452 e. The second-order valence-electron chi connectivity index (χ2n) is 4.52. The molecule has 1 rings (SSSR count). The molecule has 0 amide bonds. The maximum Gasteiger partial charge on any atom is 0.247 e. The SMILES string of the molecule is CCCNCc1cc(S(=O)(=O)N(CC)CCC)c(Br)o1. The minimum atomic E-state index is -3.49. The van der Waals surface area contributed by atoms with Gasteiger partial charge in [-0.25, -0.2) is 8.42 Å². The molecule has 0 aliphatic rings. The molecular formula is C13H23BrN2O3S. The van der Waals surface area contributed by atoms with Gasteiger partial charge in [0, 0.05) is 19.2 Å². The Morgan fingerprint density at radius 3 is 2.55 bits per heavy atom. The third-order valence-electron chi connectivity index (χ3n) is 2.88. The van der Waals surface area contributed by atoms with Crippen molar-refractivity contribution in [1.82, 2.24) is 9.62 Å². The molecule has 0 radical (unpaired) electrons. The Labute approximate surface area is 129 Å². The van der Waals surface area contributed by atoms with Gasteiger partial charge in [-0.3, -0.25) is 0 Å². The Bertz CT molecular complexity index is 514. The van der Waals surface area contributed by atoms with Crippen LogP contribution in [0.25, 0.3) is 0 Å². The summed E-state index contributed by atoms with van der Waals surface area (Å²) in [5.74, 6) is 0.622. The number of sulfonamides is 1. The van der Waals surface area contributed by atoms with Gasteiger partial charge < -0.3 is 9.73 Å². The van der Waals surface area contributed by atoms with Crippen molar-refractivity contribution in [1.29, 1.82) is 0 Å². The zero-order chi connectivity index (χ0) is 15.2. The molecule has 0 saturated carbocycles. The highest BCUT2D eigenvalue weighted by Crippen LogP contribution is 2.28. The number of nitrogens with zero attached hydrogens (tertiary/aromatic N) is 1. The van der Waals surface area contributed by atoms with Gasteiger partial charge in [0.1, 0.15) is 10.7 Å². The third kappa shape index (κ3) is 4.31. The third-order valence-corrected chi connectivity index (χ3v) is 5.71. The molecule has 0 unspecified atom stereocenters. The Hall–Kier alpha value is -0.370. The van der Waals surface area contributed by atoms with Crippen LogP contribution in [0, 0.1) is 0 Å². The minimum absolute atomic E-state index is 0.209. The normalized spacial score (nSPS) is 12.2. The number of furan rings is 1. The summed E-state index contributed by atoms with van der Waals surface area (Å²) in [7, 11) is -3.49. The highest BCUT2D eigenvalue weighted by Gasteiger charge is 2.27. The zero-order valence-electron chi connectivity index (χ0n) is 12.3. The van der Waals surface area contributed by atoms with E-state index in [1.54, 1.807) is 6.07 Å². The van der Waals surface area contributed by atoms with E-state index in [-0.39, 0.29) is 9.56 Å². The average molecular weight is 367 g/mol. The summed E-state index contributed by atoms with van der Waals surface area (Å²) in [5.41, 5.74) is 0. The van der Waals surface area contributed by atoms with E-state index in [4.69, 9.17) is 4.42 Å². The molecule has 0 atom stereocenters. The van der Waals surface area contributed by atoms with Crippen molar-refractivity contribution in [3.63, 3.8) is 0 Å². The van der Waals surface area contributed by atoms with Crippen LogP contribution in [0.1, 0.15) is 39.4 Å². The fourth-order valence-electron chi connectivity index (χ4n) is 1.89. The monoisotopic (exact) mass is 366 g/mol. The topological polar surface area (TPSA) is 62.6 Å². The van der Waals surface area contributed by atoms with E-state index >= 15 is 0 Å². The van der Waals surface area contributed by atoms with Crippen molar-refractivity contribution < 1.29 is 12.8 Å². The second kappa shape index (κ2) is 8.17. The predicted octanol–water partition coefficient (Wildman–Crippen LogP) is 2.96. The molecule has 7 heteroatoms. The summed E-state index contributed by atoms with van der Waals surface area (Å²) in [5, 5.41) is 3.19. The lowest BCUT2D eigenvalue weighted by molar-refractivity contribution is 0.423. The van der Waals surface area contributed by atoms with Crippen LogP contribution >= 0.6 is 15.9 Å². The van der Waals surface area contributed by atoms with Crippen molar-refractivity contribution in [3.05, 3.63) is 16.5 Å². The first-order chi connectivity index (χ1) is 9.47. The Morgan fingerprint density at radius 1 is 1.30 bits per heavy atom. The summed E-state index contributed by atoms with van der Waals surface area (Å²) in [6, 6.07) is 1.60. The Balaban J connectivity index is 2.94. The molecule has 0 aromatic carbocycles. The second-order valence-corrected chi connectivity index (χ2v) is 7.15. The number of hydrogen-bond donors (Lipinski definition) is 1. The standard InChI is InChI=1S/C13H23BrN2O3S/c1-4-7-15-10-11-9-12(13(14)19-11)20(17,18)16(6-3)8-5-2/h9,15H,4-8,10H2,1-3H3. The fourth-order valence-corrected chi connectivity index (χ4v) is 4.39. The molecule has 1 aromatic rings. The van der Waals surface area contributed by atoms with Gasteiger partial charge in [-0.05, 0) is 35.3 Å². The summed E-state index contributed by atoms with van der Waals surface area (Å²) in [6.45, 7) is 8.24. The van der Waals surface area contributed by atoms with Crippen LogP contribution in [0.15, 0.2) is 20.0 Å². The molecule has 1 N–H and O–H groups in total. The van der Waals surface area contributed by atoms with E-state index in [0.717, 1.165) is 19.4 Å². The lowest BCUT2D eigenvalue weighted by Gasteiger charge is -2.18. The number of rotatable bonds is 9. The van der Waals surface area contributed by atoms with E-state index in [2.05, 4.69) is 28.2 Å². The molecule has 0 saturated heterocycles. The molecule has 0 bridgehead atoms. The number of hydrogen-bond acceptors (Lipinski definition) is 4. The van der Waals surface area contributed by atoms with Gasteiger partial charge in [0.25, 0.3) is 0 Å². The van der Waals surface area contributed by atoms with Crippen molar-refractivity contribution in [3.8, 4) is 0 Å². The van der Waals surface area contributed by atoms with Crippen molar-refractivity contribution in [2.24, 2.45) is 0 Å². The van der Waals surface area contributed by atoms with E-state index in [1.165, 1.54) is 4.31 Å². The molecule has 0 aliphatic heterocycles. The summed E-state index contributed by atoms with van der Waals surface area (Å²) >= 11 is 3.21. The number of halogens is 1. The average Bonchev–Trinajstić information content (AvgIpc) is 2.78. The molecule has 0 spiro atoms. The van der Waals surface area contributed by atoms with Gasteiger partial charge in [-0.1, -0.05) is 20.8 Å². The van der Waals surface area contributed by atoms with Crippen molar-refractivity contribution in [2.45, 2.75) is 45.1 Å².